The molecule has 0 aromatic carbocycles. The molecular formula is C36H25Br2N9O6S3. The molecule has 0 spiro atoms. The lowest BCUT2D eigenvalue weighted by atomic mass is 10.2. The molecule has 0 aliphatic heterocycles. The number of rotatable bonds is 6. The van der Waals surface area contributed by atoms with Gasteiger partial charge in [0, 0.05) is 38.3 Å². The van der Waals surface area contributed by atoms with Gasteiger partial charge in [0.1, 0.15) is 31.6 Å². The second-order valence-electron chi connectivity index (χ2n) is 11.5. The van der Waals surface area contributed by atoms with E-state index in [2.05, 4.69) is 76.7 Å². The molecule has 0 unspecified atom stereocenters. The van der Waals surface area contributed by atoms with Gasteiger partial charge in [0.25, 0.3) is 16.7 Å². The van der Waals surface area contributed by atoms with Gasteiger partial charge in [-0.05, 0) is 96.4 Å². The monoisotopic (exact) mass is 933 g/mol. The fourth-order valence-electron chi connectivity index (χ4n) is 5.17. The van der Waals surface area contributed by atoms with Gasteiger partial charge in [0.2, 0.25) is 0 Å². The van der Waals surface area contributed by atoms with Gasteiger partial charge in [-0.1, -0.05) is 0 Å². The van der Waals surface area contributed by atoms with Crippen molar-refractivity contribution in [2.24, 2.45) is 0 Å². The topological polar surface area (TPSA) is 237 Å². The number of hydrogen-bond acceptors (Lipinski definition) is 15. The number of aromatic amines is 3. The minimum Gasteiger partial charge on any atom is -0.392 e. The Morgan fingerprint density at radius 1 is 0.536 bits per heavy atom. The quantitative estimate of drug-likeness (QED) is 0.110. The van der Waals surface area contributed by atoms with Crippen LogP contribution in [0.25, 0.3) is 65.2 Å². The average Bonchev–Trinajstić information content (AvgIpc) is 3.97. The second kappa shape index (κ2) is 17.3. The van der Waals surface area contributed by atoms with Crippen molar-refractivity contribution >= 4 is 96.5 Å². The summed E-state index contributed by atoms with van der Waals surface area (Å²) in [5.41, 5.74) is 3.22. The molecular weight excluding hydrogens is 910 g/mol. The summed E-state index contributed by atoms with van der Waals surface area (Å²) in [7, 11) is 0. The molecule has 0 aliphatic carbocycles. The fraction of sp³-hybridized carbons (Fsp3) is 0.0833. The Balaban J connectivity index is 0.000000129. The molecule has 0 bridgehead atoms. The van der Waals surface area contributed by atoms with E-state index in [1.54, 1.807) is 61.1 Å². The molecule has 282 valence electrons. The number of thiophene rings is 3. The van der Waals surface area contributed by atoms with E-state index in [0.29, 0.717) is 65.2 Å². The Kier molecular flexibility index (Phi) is 12.1. The van der Waals surface area contributed by atoms with Gasteiger partial charge in [0.15, 0.2) is 17.5 Å². The summed E-state index contributed by atoms with van der Waals surface area (Å²) < 4.78 is 1.48. The largest absolute Gasteiger partial charge is 0.392 e. The van der Waals surface area contributed by atoms with E-state index in [1.165, 1.54) is 34.0 Å². The van der Waals surface area contributed by atoms with Crippen molar-refractivity contribution in [2.45, 2.75) is 19.8 Å². The van der Waals surface area contributed by atoms with E-state index < -0.39 is 0 Å². The first kappa shape index (κ1) is 39.1. The minimum atomic E-state index is -0.204. The lowest BCUT2D eigenvalue weighted by Crippen LogP contribution is -2.09. The molecule has 0 saturated carbocycles. The Hall–Kier alpha value is -5.19. The van der Waals surface area contributed by atoms with E-state index in [1.807, 2.05) is 16.1 Å². The van der Waals surface area contributed by atoms with E-state index >= 15 is 0 Å². The maximum absolute atomic E-state index is 12.0. The van der Waals surface area contributed by atoms with Gasteiger partial charge >= 0.3 is 0 Å². The Morgan fingerprint density at radius 2 is 0.929 bits per heavy atom. The molecule has 0 radical (unpaired) electrons. The van der Waals surface area contributed by atoms with Crippen LogP contribution < -0.4 is 16.7 Å². The number of halogens is 2. The first-order valence-electron chi connectivity index (χ1n) is 16.2. The minimum absolute atomic E-state index is 0.0685. The molecule has 0 atom stereocenters. The zero-order valence-corrected chi connectivity index (χ0v) is 34.0. The number of aliphatic hydroxyl groups is 3. The zero-order chi connectivity index (χ0) is 39.3. The molecule has 9 heterocycles. The van der Waals surface area contributed by atoms with Crippen LogP contribution in [0.2, 0.25) is 0 Å². The Bertz CT molecular complexity index is 2900. The normalized spacial score (nSPS) is 11.0. The Morgan fingerprint density at radius 3 is 1.34 bits per heavy atom. The molecule has 0 amide bonds. The van der Waals surface area contributed by atoms with Crippen molar-refractivity contribution in [1.82, 2.24) is 44.9 Å². The number of aromatic nitrogens is 9. The second-order valence-corrected chi connectivity index (χ2v) is 15.9. The standard InChI is InChI=1S/2C12H8BrN3O2S.C12H9N3O2S/c2*13-7-5-19-12-9(7)11(18)15-10(16-12)8-3-6(4-17)1-2-14-8;16-6-7-1-3-13-9(5-7)10-14-11(17)8-2-4-18-12(8)15-10/h2*1-3,5,17H,4H2,(H,15,16,18);1-5,16H,6H2,(H,14,15,17). The van der Waals surface area contributed by atoms with Crippen molar-refractivity contribution in [1.29, 1.82) is 0 Å². The van der Waals surface area contributed by atoms with Crippen LogP contribution in [0.15, 0.2) is 101 Å². The molecule has 0 fully saturated rings. The van der Waals surface area contributed by atoms with Crippen LogP contribution in [0.5, 0.6) is 0 Å². The molecule has 0 aliphatic rings. The van der Waals surface area contributed by atoms with Crippen LogP contribution in [0.1, 0.15) is 16.7 Å². The maximum atomic E-state index is 12.0. The summed E-state index contributed by atoms with van der Waals surface area (Å²) >= 11 is 10.8. The van der Waals surface area contributed by atoms with E-state index in [9.17, 15) is 14.4 Å². The third-order valence-corrected chi connectivity index (χ3v) is 12.3. The number of aliphatic hydroxyl groups excluding tert-OH is 3. The van der Waals surface area contributed by atoms with Crippen molar-refractivity contribution in [2.75, 3.05) is 0 Å². The lowest BCUT2D eigenvalue weighted by molar-refractivity contribution is 0.281. The summed E-state index contributed by atoms with van der Waals surface area (Å²) in [5, 5.41) is 34.5. The average molecular weight is 936 g/mol. The van der Waals surface area contributed by atoms with Gasteiger partial charge in [-0.3, -0.25) is 29.3 Å². The number of nitrogens with one attached hydrogen (secondary N) is 3. The van der Waals surface area contributed by atoms with Gasteiger partial charge in [0.05, 0.1) is 36.0 Å². The van der Waals surface area contributed by atoms with E-state index in [0.717, 1.165) is 25.6 Å². The zero-order valence-electron chi connectivity index (χ0n) is 28.4. The molecule has 15 nitrogen and oxygen atoms in total. The first-order chi connectivity index (χ1) is 27.1. The number of pyridine rings is 3. The van der Waals surface area contributed by atoms with Crippen LogP contribution in [0.3, 0.4) is 0 Å². The molecule has 56 heavy (non-hydrogen) atoms. The van der Waals surface area contributed by atoms with Crippen molar-refractivity contribution in [3.63, 3.8) is 0 Å². The highest BCUT2D eigenvalue weighted by Gasteiger charge is 2.13. The maximum Gasteiger partial charge on any atom is 0.261 e. The van der Waals surface area contributed by atoms with Crippen LogP contribution in [-0.4, -0.2) is 60.2 Å². The van der Waals surface area contributed by atoms with Crippen molar-refractivity contribution in [3.8, 4) is 34.6 Å². The van der Waals surface area contributed by atoms with Crippen LogP contribution in [0.4, 0.5) is 0 Å². The number of H-pyrrole nitrogens is 3. The molecule has 0 saturated heterocycles. The van der Waals surface area contributed by atoms with Crippen LogP contribution in [0, 0.1) is 0 Å². The summed E-state index contributed by atoms with van der Waals surface area (Å²) in [6.45, 7) is -0.222. The molecule has 9 rings (SSSR count). The van der Waals surface area contributed by atoms with Gasteiger partial charge < -0.3 is 30.3 Å². The number of fused-ring (bicyclic) bond motifs is 3. The number of nitrogens with zero attached hydrogens (tertiary/aromatic N) is 6. The molecule has 6 N–H and O–H groups in total. The van der Waals surface area contributed by atoms with Crippen molar-refractivity contribution < 1.29 is 15.3 Å². The van der Waals surface area contributed by atoms with Gasteiger partial charge in [-0.15, -0.1) is 34.0 Å². The fourth-order valence-corrected chi connectivity index (χ4v) is 9.08. The Labute approximate surface area is 342 Å². The molecule has 9 aromatic rings. The summed E-state index contributed by atoms with van der Waals surface area (Å²) in [4.78, 5) is 71.6. The summed E-state index contributed by atoms with van der Waals surface area (Å²) in [6, 6.07) is 12.0. The van der Waals surface area contributed by atoms with E-state index in [4.69, 9.17) is 15.3 Å². The number of hydrogen-bond donors (Lipinski definition) is 6. The molecule has 20 heteroatoms. The third-order valence-electron chi connectivity index (χ3n) is 7.88. The van der Waals surface area contributed by atoms with Gasteiger partial charge in [-0.25, -0.2) is 15.0 Å². The predicted molar refractivity (Wildman–Crippen MR) is 224 cm³/mol. The predicted octanol–water partition coefficient (Wildman–Crippen LogP) is 6.14. The third kappa shape index (κ3) is 8.46. The van der Waals surface area contributed by atoms with Gasteiger partial charge in [-0.2, -0.15) is 0 Å². The highest BCUT2D eigenvalue weighted by Crippen LogP contribution is 2.28. The highest BCUT2D eigenvalue weighted by molar-refractivity contribution is 9.11. The highest BCUT2D eigenvalue weighted by atomic mass is 79.9. The lowest BCUT2D eigenvalue weighted by Gasteiger charge is -2.02. The van der Waals surface area contributed by atoms with E-state index in [-0.39, 0.29) is 36.5 Å². The summed E-state index contributed by atoms with van der Waals surface area (Å²) in [6.07, 6.45) is 4.74. The summed E-state index contributed by atoms with van der Waals surface area (Å²) in [5.74, 6) is 1.23. The smallest absolute Gasteiger partial charge is 0.261 e. The van der Waals surface area contributed by atoms with Crippen molar-refractivity contribution in [3.05, 3.63) is 134 Å². The first-order valence-corrected chi connectivity index (χ1v) is 20.4. The molecule has 9 aromatic heterocycles. The van der Waals surface area contributed by atoms with Crippen LogP contribution >= 0.6 is 65.9 Å². The SMILES string of the molecule is O=c1[nH]c(-c2cc(CO)ccn2)nc2scc(Br)c12.O=c1[nH]c(-c2cc(CO)ccn2)nc2scc(Br)c12.O=c1[nH]c(-c2cc(CO)ccn2)nc2sccc12. The van der Waals surface area contributed by atoms with Crippen LogP contribution in [-0.2, 0) is 19.8 Å².